The van der Waals surface area contributed by atoms with Crippen LogP contribution in [0, 0.1) is 6.92 Å². The average Bonchev–Trinajstić information content (AvgIpc) is 2.65. The molecule has 0 spiro atoms. The third-order valence-corrected chi connectivity index (χ3v) is 1.64. The largest absolute Gasteiger partial charge is 0.481 e. The van der Waals surface area contributed by atoms with E-state index in [1.165, 1.54) is 0 Å². The Morgan fingerprint density at radius 2 is 1.88 bits per heavy atom. The second kappa shape index (κ2) is 5.70. The Morgan fingerprint density at radius 3 is 2.31 bits per heavy atom. The number of benzene rings is 1. The molecular formula is C12H13NO3. The van der Waals surface area contributed by atoms with E-state index in [1.54, 1.807) is 6.20 Å². The minimum absolute atomic E-state index is 0.688. The van der Waals surface area contributed by atoms with E-state index >= 15 is 0 Å². The molecule has 0 saturated heterocycles. The highest BCUT2D eigenvalue weighted by atomic mass is 16.4. The topological polar surface area (TPSA) is 63.3 Å². The molecular weight excluding hydrogens is 206 g/mol. The number of aliphatic carboxylic acids is 1. The Hall–Kier alpha value is -2.10. The standard InChI is InChI=1S/C10H9NO.C2H4O2/c1-8-7-11-10(12-8)9-5-3-2-4-6-9;1-2(3)4/h2-7H,1H3;1H3,(H,3,4). The predicted octanol–water partition coefficient (Wildman–Crippen LogP) is 2.74. The van der Waals surface area contributed by atoms with E-state index in [0.29, 0.717) is 5.89 Å². The number of carboxylic acid groups (broad SMARTS) is 1. The SMILES string of the molecule is CC(=O)O.Cc1cnc(-c2ccccc2)o1. The maximum absolute atomic E-state index is 9.00. The molecule has 0 aliphatic rings. The van der Waals surface area contributed by atoms with Crippen LogP contribution < -0.4 is 0 Å². The first-order valence-electron chi connectivity index (χ1n) is 4.77. The molecule has 2 rings (SSSR count). The van der Waals surface area contributed by atoms with Gasteiger partial charge >= 0.3 is 0 Å². The maximum atomic E-state index is 9.00. The summed E-state index contributed by atoms with van der Waals surface area (Å²) >= 11 is 0. The fourth-order valence-corrected chi connectivity index (χ4v) is 1.07. The number of aryl methyl sites for hydroxylation is 1. The van der Waals surface area contributed by atoms with Crippen molar-refractivity contribution in [3.63, 3.8) is 0 Å². The van der Waals surface area contributed by atoms with Gasteiger partial charge in [0.15, 0.2) is 0 Å². The van der Waals surface area contributed by atoms with Gasteiger partial charge in [0.2, 0.25) is 5.89 Å². The lowest BCUT2D eigenvalue weighted by Crippen LogP contribution is -1.78. The number of carbonyl (C=O) groups is 1. The molecule has 0 fully saturated rings. The van der Waals surface area contributed by atoms with Crippen molar-refractivity contribution in [1.82, 2.24) is 4.98 Å². The first-order valence-corrected chi connectivity index (χ1v) is 4.77. The Bertz CT molecular complexity index is 444. The number of aromatic nitrogens is 1. The van der Waals surface area contributed by atoms with Gasteiger partial charge in [0, 0.05) is 12.5 Å². The molecule has 0 atom stereocenters. The second-order valence-electron chi connectivity index (χ2n) is 3.16. The van der Waals surface area contributed by atoms with Crippen LogP contribution in [0.5, 0.6) is 0 Å². The number of hydrogen-bond donors (Lipinski definition) is 1. The summed E-state index contributed by atoms with van der Waals surface area (Å²) in [4.78, 5) is 13.1. The van der Waals surface area contributed by atoms with Crippen molar-refractivity contribution >= 4 is 5.97 Å². The molecule has 0 amide bonds. The fourth-order valence-electron chi connectivity index (χ4n) is 1.07. The van der Waals surface area contributed by atoms with Crippen molar-refractivity contribution in [2.75, 3.05) is 0 Å². The number of rotatable bonds is 1. The van der Waals surface area contributed by atoms with E-state index in [9.17, 15) is 0 Å². The summed E-state index contributed by atoms with van der Waals surface area (Å²) in [5, 5.41) is 7.42. The van der Waals surface area contributed by atoms with E-state index in [0.717, 1.165) is 18.2 Å². The first kappa shape index (κ1) is 12.0. The van der Waals surface area contributed by atoms with Crippen LogP contribution in [0.25, 0.3) is 11.5 Å². The molecule has 1 heterocycles. The van der Waals surface area contributed by atoms with Crippen LogP contribution in [-0.4, -0.2) is 16.1 Å². The highest BCUT2D eigenvalue weighted by Crippen LogP contribution is 2.17. The third kappa shape index (κ3) is 3.96. The smallest absolute Gasteiger partial charge is 0.300 e. The molecule has 1 aromatic heterocycles. The minimum Gasteiger partial charge on any atom is -0.481 e. The number of hydrogen-bond acceptors (Lipinski definition) is 3. The summed E-state index contributed by atoms with van der Waals surface area (Å²) in [6.45, 7) is 2.97. The van der Waals surface area contributed by atoms with Crippen LogP contribution in [-0.2, 0) is 4.79 Å². The Kier molecular flexibility index (Phi) is 4.27. The Labute approximate surface area is 93.6 Å². The van der Waals surface area contributed by atoms with Gasteiger partial charge in [-0.25, -0.2) is 4.98 Å². The Morgan fingerprint density at radius 1 is 1.31 bits per heavy atom. The molecule has 84 valence electrons. The van der Waals surface area contributed by atoms with Gasteiger partial charge in [0.05, 0.1) is 6.20 Å². The summed E-state index contributed by atoms with van der Waals surface area (Å²) < 4.78 is 5.36. The molecule has 1 N–H and O–H groups in total. The minimum atomic E-state index is -0.833. The lowest BCUT2D eigenvalue weighted by molar-refractivity contribution is -0.134. The lowest BCUT2D eigenvalue weighted by atomic mass is 10.2. The molecule has 0 aliphatic heterocycles. The van der Waals surface area contributed by atoms with Crippen molar-refractivity contribution in [2.24, 2.45) is 0 Å². The monoisotopic (exact) mass is 219 g/mol. The average molecular weight is 219 g/mol. The van der Waals surface area contributed by atoms with Crippen LogP contribution >= 0.6 is 0 Å². The first-order chi connectivity index (χ1) is 7.59. The summed E-state index contributed by atoms with van der Waals surface area (Å²) in [6.07, 6.45) is 1.72. The lowest BCUT2D eigenvalue weighted by Gasteiger charge is -1.91. The van der Waals surface area contributed by atoms with Gasteiger partial charge in [0.1, 0.15) is 5.76 Å². The zero-order valence-corrected chi connectivity index (χ0v) is 9.18. The summed E-state index contributed by atoms with van der Waals surface area (Å²) in [6, 6.07) is 9.86. The van der Waals surface area contributed by atoms with Gasteiger partial charge in [-0.05, 0) is 19.1 Å². The molecule has 4 heteroatoms. The number of nitrogens with zero attached hydrogens (tertiary/aromatic N) is 1. The Balaban J connectivity index is 0.000000280. The molecule has 0 aliphatic carbocycles. The quantitative estimate of drug-likeness (QED) is 0.800. The van der Waals surface area contributed by atoms with E-state index in [1.807, 2.05) is 37.3 Å². The summed E-state index contributed by atoms with van der Waals surface area (Å²) in [5.74, 6) is 0.696. The van der Waals surface area contributed by atoms with Gasteiger partial charge in [0.25, 0.3) is 5.97 Å². The van der Waals surface area contributed by atoms with Gasteiger partial charge in [-0.1, -0.05) is 18.2 Å². The van der Waals surface area contributed by atoms with E-state index < -0.39 is 5.97 Å². The molecule has 16 heavy (non-hydrogen) atoms. The predicted molar refractivity (Wildman–Crippen MR) is 60.0 cm³/mol. The number of oxazole rings is 1. The van der Waals surface area contributed by atoms with E-state index in [2.05, 4.69) is 4.98 Å². The molecule has 1 aromatic carbocycles. The van der Waals surface area contributed by atoms with Gasteiger partial charge < -0.3 is 9.52 Å². The van der Waals surface area contributed by atoms with Crippen molar-refractivity contribution in [3.8, 4) is 11.5 Å². The maximum Gasteiger partial charge on any atom is 0.300 e. The van der Waals surface area contributed by atoms with Crippen LogP contribution in [0.3, 0.4) is 0 Å². The van der Waals surface area contributed by atoms with Crippen LogP contribution in [0.15, 0.2) is 40.9 Å². The van der Waals surface area contributed by atoms with Crippen molar-refractivity contribution in [1.29, 1.82) is 0 Å². The number of carboxylic acids is 1. The zero-order valence-electron chi connectivity index (χ0n) is 9.18. The van der Waals surface area contributed by atoms with E-state index in [4.69, 9.17) is 14.3 Å². The van der Waals surface area contributed by atoms with Gasteiger partial charge in [-0.2, -0.15) is 0 Å². The van der Waals surface area contributed by atoms with Crippen LogP contribution in [0.1, 0.15) is 12.7 Å². The second-order valence-corrected chi connectivity index (χ2v) is 3.16. The molecule has 0 bridgehead atoms. The van der Waals surface area contributed by atoms with Gasteiger partial charge in [-0.15, -0.1) is 0 Å². The van der Waals surface area contributed by atoms with Crippen molar-refractivity contribution in [3.05, 3.63) is 42.3 Å². The molecule has 0 saturated carbocycles. The zero-order chi connectivity index (χ0) is 12.0. The molecule has 4 nitrogen and oxygen atoms in total. The van der Waals surface area contributed by atoms with Crippen LogP contribution in [0.2, 0.25) is 0 Å². The summed E-state index contributed by atoms with van der Waals surface area (Å²) in [5.41, 5.74) is 1.02. The highest BCUT2D eigenvalue weighted by molar-refractivity contribution is 5.62. The van der Waals surface area contributed by atoms with Crippen LogP contribution in [0.4, 0.5) is 0 Å². The molecule has 0 radical (unpaired) electrons. The molecule has 0 unspecified atom stereocenters. The molecule has 2 aromatic rings. The van der Waals surface area contributed by atoms with Crippen molar-refractivity contribution in [2.45, 2.75) is 13.8 Å². The van der Waals surface area contributed by atoms with Gasteiger partial charge in [-0.3, -0.25) is 4.79 Å². The van der Waals surface area contributed by atoms with E-state index in [-0.39, 0.29) is 0 Å². The third-order valence-electron chi connectivity index (χ3n) is 1.64. The summed E-state index contributed by atoms with van der Waals surface area (Å²) in [7, 11) is 0. The highest BCUT2D eigenvalue weighted by Gasteiger charge is 2.01. The normalized spacial score (nSPS) is 9.12. The fraction of sp³-hybridized carbons (Fsp3) is 0.167. The van der Waals surface area contributed by atoms with Crippen molar-refractivity contribution < 1.29 is 14.3 Å².